The van der Waals surface area contributed by atoms with Gasteiger partial charge in [-0.25, -0.2) is 13.8 Å². The molecule has 1 N–H and O–H groups in total. The second-order valence-electron chi connectivity index (χ2n) is 2.40. The third-order valence-electron chi connectivity index (χ3n) is 1.24. The standard InChI is InChI=1S/C7H10F2N2S/c1-5-4-12-7(11-5)3-10-2-6(8)9/h4,6,10H,2-3H2,1H3. The highest BCUT2D eigenvalue weighted by Gasteiger charge is 2.02. The van der Waals surface area contributed by atoms with Gasteiger partial charge in [0, 0.05) is 17.6 Å². The number of aryl methyl sites for hydroxylation is 1. The van der Waals surface area contributed by atoms with Crippen LogP contribution in [0.4, 0.5) is 8.78 Å². The average Bonchev–Trinajstić information content (AvgIpc) is 2.35. The Morgan fingerprint density at radius 3 is 2.92 bits per heavy atom. The van der Waals surface area contributed by atoms with E-state index in [2.05, 4.69) is 10.3 Å². The van der Waals surface area contributed by atoms with E-state index in [1.54, 1.807) is 0 Å². The first kappa shape index (κ1) is 9.54. The quantitative estimate of drug-likeness (QED) is 0.787. The van der Waals surface area contributed by atoms with E-state index >= 15 is 0 Å². The Morgan fingerprint density at radius 1 is 1.67 bits per heavy atom. The summed E-state index contributed by atoms with van der Waals surface area (Å²) in [6.07, 6.45) is -2.29. The molecule has 0 fully saturated rings. The average molecular weight is 192 g/mol. The fourth-order valence-electron chi connectivity index (χ4n) is 0.772. The van der Waals surface area contributed by atoms with Crippen LogP contribution in [0.25, 0.3) is 0 Å². The summed E-state index contributed by atoms with van der Waals surface area (Å²) in [6, 6.07) is 0. The van der Waals surface area contributed by atoms with Gasteiger partial charge in [0.2, 0.25) is 0 Å². The summed E-state index contributed by atoms with van der Waals surface area (Å²) in [5, 5.41) is 5.37. The van der Waals surface area contributed by atoms with Gasteiger partial charge >= 0.3 is 0 Å². The number of hydrogen-bond acceptors (Lipinski definition) is 3. The number of nitrogens with zero attached hydrogens (tertiary/aromatic N) is 1. The lowest BCUT2D eigenvalue weighted by Crippen LogP contribution is -2.20. The molecule has 1 aromatic heterocycles. The molecule has 12 heavy (non-hydrogen) atoms. The van der Waals surface area contributed by atoms with Crippen LogP contribution in [0.2, 0.25) is 0 Å². The lowest BCUT2D eigenvalue weighted by atomic mass is 10.5. The molecule has 0 amide bonds. The lowest BCUT2D eigenvalue weighted by molar-refractivity contribution is 0.145. The largest absolute Gasteiger partial charge is 0.305 e. The normalized spacial score (nSPS) is 11.0. The van der Waals surface area contributed by atoms with E-state index in [4.69, 9.17) is 0 Å². The van der Waals surface area contributed by atoms with E-state index in [1.807, 2.05) is 12.3 Å². The highest BCUT2D eigenvalue weighted by atomic mass is 32.1. The zero-order valence-electron chi connectivity index (χ0n) is 6.68. The van der Waals surface area contributed by atoms with Crippen LogP contribution in [-0.2, 0) is 6.54 Å². The zero-order valence-corrected chi connectivity index (χ0v) is 7.50. The summed E-state index contributed by atoms with van der Waals surface area (Å²) in [4.78, 5) is 4.12. The summed E-state index contributed by atoms with van der Waals surface area (Å²) < 4.78 is 23.3. The van der Waals surface area contributed by atoms with Gasteiger partial charge < -0.3 is 5.32 Å². The number of thiazole rings is 1. The second-order valence-corrected chi connectivity index (χ2v) is 3.35. The van der Waals surface area contributed by atoms with E-state index in [9.17, 15) is 8.78 Å². The van der Waals surface area contributed by atoms with Gasteiger partial charge in [-0.1, -0.05) is 0 Å². The summed E-state index contributed by atoms with van der Waals surface area (Å²) in [7, 11) is 0. The van der Waals surface area contributed by atoms with Crippen LogP contribution in [0.1, 0.15) is 10.7 Å². The molecule has 0 aliphatic carbocycles. The van der Waals surface area contributed by atoms with Crippen LogP contribution in [0.15, 0.2) is 5.38 Å². The van der Waals surface area contributed by atoms with Gasteiger partial charge in [-0.15, -0.1) is 11.3 Å². The molecular weight excluding hydrogens is 182 g/mol. The maximum absolute atomic E-state index is 11.7. The minimum Gasteiger partial charge on any atom is -0.305 e. The molecule has 1 heterocycles. The summed E-state index contributed by atoms with van der Waals surface area (Å²) in [5.74, 6) is 0. The fourth-order valence-corrected chi connectivity index (χ4v) is 1.51. The van der Waals surface area contributed by atoms with Crippen molar-refractivity contribution in [1.82, 2.24) is 10.3 Å². The highest BCUT2D eigenvalue weighted by molar-refractivity contribution is 7.09. The first-order valence-electron chi connectivity index (χ1n) is 3.58. The summed E-state index contributed by atoms with van der Waals surface area (Å²) in [6.45, 7) is 2.05. The molecule has 0 aliphatic heterocycles. The van der Waals surface area contributed by atoms with E-state index in [-0.39, 0.29) is 6.54 Å². The van der Waals surface area contributed by atoms with Gasteiger partial charge in [0.25, 0.3) is 6.43 Å². The third-order valence-corrected chi connectivity index (χ3v) is 2.21. The fraction of sp³-hybridized carbons (Fsp3) is 0.571. The van der Waals surface area contributed by atoms with Crippen molar-refractivity contribution in [1.29, 1.82) is 0 Å². The molecule has 0 aromatic carbocycles. The van der Waals surface area contributed by atoms with Gasteiger partial charge in [0.15, 0.2) is 0 Å². The van der Waals surface area contributed by atoms with Crippen molar-refractivity contribution < 1.29 is 8.78 Å². The number of aromatic nitrogens is 1. The van der Waals surface area contributed by atoms with E-state index in [0.29, 0.717) is 6.54 Å². The predicted octanol–water partition coefficient (Wildman–Crippen LogP) is 1.81. The van der Waals surface area contributed by atoms with Crippen molar-refractivity contribution in [3.05, 3.63) is 16.1 Å². The Hall–Kier alpha value is -0.550. The van der Waals surface area contributed by atoms with Crippen molar-refractivity contribution in [2.24, 2.45) is 0 Å². The Balaban J connectivity index is 2.24. The van der Waals surface area contributed by atoms with Crippen molar-refractivity contribution in [2.45, 2.75) is 19.9 Å². The minimum absolute atomic E-state index is 0.265. The highest BCUT2D eigenvalue weighted by Crippen LogP contribution is 2.07. The summed E-state index contributed by atoms with van der Waals surface area (Å²) >= 11 is 1.48. The zero-order chi connectivity index (χ0) is 8.97. The number of rotatable bonds is 4. The Bertz CT molecular complexity index is 237. The first-order chi connectivity index (χ1) is 5.68. The smallest absolute Gasteiger partial charge is 0.250 e. The van der Waals surface area contributed by atoms with E-state index in [1.165, 1.54) is 11.3 Å². The second kappa shape index (κ2) is 4.47. The molecule has 0 unspecified atom stereocenters. The number of alkyl halides is 2. The molecule has 0 spiro atoms. The van der Waals surface area contributed by atoms with Crippen LogP contribution in [0, 0.1) is 6.92 Å². The number of halogens is 2. The van der Waals surface area contributed by atoms with Gasteiger partial charge in [-0.3, -0.25) is 0 Å². The molecule has 0 aliphatic rings. The predicted molar refractivity (Wildman–Crippen MR) is 44.6 cm³/mol. The van der Waals surface area contributed by atoms with Crippen LogP contribution in [0.3, 0.4) is 0 Å². The van der Waals surface area contributed by atoms with Crippen molar-refractivity contribution >= 4 is 11.3 Å². The van der Waals surface area contributed by atoms with Crippen LogP contribution in [0.5, 0.6) is 0 Å². The lowest BCUT2D eigenvalue weighted by Gasteiger charge is -1.99. The maximum atomic E-state index is 11.7. The molecule has 5 heteroatoms. The van der Waals surface area contributed by atoms with Crippen LogP contribution < -0.4 is 5.32 Å². The summed E-state index contributed by atoms with van der Waals surface area (Å²) in [5.41, 5.74) is 0.939. The third kappa shape index (κ3) is 3.23. The van der Waals surface area contributed by atoms with Crippen LogP contribution in [-0.4, -0.2) is 18.0 Å². The van der Waals surface area contributed by atoms with Crippen molar-refractivity contribution in [3.8, 4) is 0 Å². The SMILES string of the molecule is Cc1csc(CNCC(F)F)n1. The van der Waals surface area contributed by atoms with Gasteiger partial charge in [0.05, 0.1) is 6.54 Å². The minimum atomic E-state index is -2.29. The molecular formula is C7H10F2N2S. The Kier molecular flexibility index (Phi) is 3.55. The van der Waals surface area contributed by atoms with Crippen molar-refractivity contribution in [2.75, 3.05) is 6.54 Å². The molecule has 1 aromatic rings. The van der Waals surface area contributed by atoms with E-state index in [0.717, 1.165) is 10.7 Å². The van der Waals surface area contributed by atoms with Gasteiger partial charge in [0.1, 0.15) is 5.01 Å². The van der Waals surface area contributed by atoms with Gasteiger partial charge in [-0.05, 0) is 6.92 Å². The molecule has 2 nitrogen and oxygen atoms in total. The van der Waals surface area contributed by atoms with Gasteiger partial charge in [-0.2, -0.15) is 0 Å². The molecule has 0 saturated carbocycles. The Morgan fingerprint density at radius 2 is 2.42 bits per heavy atom. The topological polar surface area (TPSA) is 24.9 Å². The molecule has 0 bridgehead atoms. The number of nitrogens with one attached hydrogen (secondary N) is 1. The molecule has 0 atom stereocenters. The van der Waals surface area contributed by atoms with Crippen molar-refractivity contribution in [3.63, 3.8) is 0 Å². The molecule has 68 valence electrons. The molecule has 0 saturated heterocycles. The Labute approximate surface area is 73.6 Å². The number of hydrogen-bond donors (Lipinski definition) is 1. The molecule has 0 radical (unpaired) electrons. The van der Waals surface area contributed by atoms with Crippen LogP contribution >= 0.6 is 11.3 Å². The maximum Gasteiger partial charge on any atom is 0.250 e. The monoisotopic (exact) mass is 192 g/mol. The molecule has 1 rings (SSSR count). The first-order valence-corrected chi connectivity index (χ1v) is 4.46. The van der Waals surface area contributed by atoms with E-state index < -0.39 is 6.43 Å².